The first-order chi connectivity index (χ1) is 9.11. The molecule has 7 heteroatoms. The lowest BCUT2D eigenvalue weighted by Gasteiger charge is -2.25. The Morgan fingerprint density at radius 2 is 1.95 bits per heavy atom. The Bertz CT molecular complexity index is 486. The number of aliphatic carboxylic acids is 1. The van der Waals surface area contributed by atoms with Gasteiger partial charge in [-0.3, -0.25) is 4.79 Å². The maximum absolute atomic E-state index is 13.8. The number of halogens is 4. The number of carboxylic acids is 1. The van der Waals surface area contributed by atoms with Crippen LogP contribution in [0.15, 0.2) is 18.2 Å². The van der Waals surface area contributed by atoms with E-state index in [-0.39, 0.29) is 18.2 Å². The fourth-order valence-electron chi connectivity index (χ4n) is 1.79. The van der Waals surface area contributed by atoms with Crippen molar-refractivity contribution < 1.29 is 27.5 Å². The summed E-state index contributed by atoms with van der Waals surface area (Å²) in [5.74, 6) is -2.22. The lowest BCUT2D eigenvalue weighted by molar-refractivity contribution is -0.138. The van der Waals surface area contributed by atoms with Crippen molar-refractivity contribution in [1.82, 2.24) is 0 Å². The van der Waals surface area contributed by atoms with Crippen LogP contribution in [0.4, 0.5) is 23.2 Å². The molecule has 1 N–H and O–H groups in total. The summed E-state index contributed by atoms with van der Waals surface area (Å²) < 4.78 is 51.1. The molecule has 0 atom stereocenters. The number of nitrogens with zero attached hydrogens (tertiary/aromatic N) is 1. The molecule has 112 valence electrons. The van der Waals surface area contributed by atoms with E-state index in [1.807, 2.05) is 0 Å². The van der Waals surface area contributed by atoms with E-state index in [1.54, 1.807) is 13.8 Å². The van der Waals surface area contributed by atoms with Crippen LogP contribution < -0.4 is 4.90 Å². The molecule has 0 aliphatic heterocycles. The lowest BCUT2D eigenvalue weighted by Crippen LogP contribution is -2.33. The van der Waals surface area contributed by atoms with Crippen LogP contribution in [0.25, 0.3) is 0 Å². The van der Waals surface area contributed by atoms with Gasteiger partial charge in [-0.1, -0.05) is 13.8 Å². The van der Waals surface area contributed by atoms with Gasteiger partial charge in [0.05, 0.1) is 11.3 Å². The van der Waals surface area contributed by atoms with E-state index in [0.29, 0.717) is 6.07 Å². The average Bonchev–Trinajstić information content (AvgIpc) is 2.25. The molecule has 0 unspecified atom stereocenters. The van der Waals surface area contributed by atoms with Crippen molar-refractivity contribution in [2.45, 2.75) is 20.0 Å². The maximum atomic E-state index is 13.8. The van der Waals surface area contributed by atoms with Gasteiger partial charge in [-0.2, -0.15) is 13.2 Å². The van der Waals surface area contributed by atoms with Gasteiger partial charge in [0.1, 0.15) is 12.4 Å². The Morgan fingerprint density at radius 3 is 2.35 bits per heavy atom. The van der Waals surface area contributed by atoms with Gasteiger partial charge in [0, 0.05) is 6.54 Å². The fourth-order valence-corrected chi connectivity index (χ4v) is 1.79. The third-order valence-corrected chi connectivity index (χ3v) is 2.53. The Balaban J connectivity index is 3.11. The number of rotatable bonds is 5. The zero-order chi connectivity index (χ0) is 15.5. The number of carbonyl (C=O) groups is 1. The van der Waals surface area contributed by atoms with Crippen molar-refractivity contribution in [3.8, 4) is 0 Å². The number of benzene rings is 1. The van der Waals surface area contributed by atoms with Crippen LogP contribution in [0.3, 0.4) is 0 Å². The number of carboxylic acid groups (broad SMARTS) is 1. The normalized spacial score (nSPS) is 11.8. The molecule has 0 aliphatic carbocycles. The molecule has 0 amide bonds. The standard InChI is InChI=1S/C13H15F4NO2/c1-8(2)6-18(7-12(19)20)11-4-3-9(5-10(11)14)13(15,16)17/h3-5,8H,6-7H2,1-2H3,(H,19,20). The Labute approximate surface area is 113 Å². The second kappa shape index (κ2) is 6.11. The Kier molecular flexibility index (Phi) is 4.97. The lowest BCUT2D eigenvalue weighted by atomic mass is 10.1. The molecule has 0 saturated heterocycles. The molecule has 0 saturated carbocycles. The summed E-state index contributed by atoms with van der Waals surface area (Å²) in [6.45, 7) is 3.36. The highest BCUT2D eigenvalue weighted by Crippen LogP contribution is 2.32. The molecular formula is C13H15F4NO2. The van der Waals surface area contributed by atoms with Crippen LogP contribution in [-0.2, 0) is 11.0 Å². The minimum absolute atomic E-state index is 0.0380. The van der Waals surface area contributed by atoms with E-state index >= 15 is 0 Å². The molecule has 0 bridgehead atoms. The van der Waals surface area contributed by atoms with Gasteiger partial charge < -0.3 is 10.0 Å². The van der Waals surface area contributed by atoms with Crippen LogP contribution >= 0.6 is 0 Å². The monoisotopic (exact) mass is 293 g/mol. The molecule has 0 aromatic heterocycles. The topological polar surface area (TPSA) is 40.5 Å². The number of hydrogen-bond acceptors (Lipinski definition) is 2. The average molecular weight is 293 g/mol. The highest BCUT2D eigenvalue weighted by atomic mass is 19.4. The van der Waals surface area contributed by atoms with Crippen LogP contribution in [0.5, 0.6) is 0 Å². The fraction of sp³-hybridized carbons (Fsp3) is 0.462. The molecule has 1 aromatic rings. The summed E-state index contributed by atoms with van der Waals surface area (Å²) >= 11 is 0. The third-order valence-electron chi connectivity index (χ3n) is 2.53. The summed E-state index contributed by atoms with van der Waals surface area (Å²) in [7, 11) is 0. The van der Waals surface area contributed by atoms with Gasteiger partial charge in [-0.05, 0) is 24.1 Å². The minimum atomic E-state index is -4.63. The predicted octanol–water partition coefficient (Wildman–Crippen LogP) is 3.39. The molecule has 3 nitrogen and oxygen atoms in total. The number of hydrogen-bond donors (Lipinski definition) is 1. The van der Waals surface area contributed by atoms with E-state index in [2.05, 4.69) is 0 Å². The first kappa shape index (κ1) is 16.3. The highest BCUT2D eigenvalue weighted by Gasteiger charge is 2.31. The molecule has 0 aliphatic rings. The van der Waals surface area contributed by atoms with Gasteiger partial charge in [-0.25, -0.2) is 4.39 Å². The first-order valence-corrected chi connectivity index (χ1v) is 5.94. The van der Waals surface area contributed by atoms with Gasteiger partial charge in [0.2, 0.25) is 0 Å². The molecule has 0 radical (unpaired) electrons. The smallest absolute Gasteiger partial charge is 0.416 e. The zero-order valence-electron chi connectivity index (χ0n) is 11.0. The predicted molar refractivity (Wildman–Crippen MR) is 66.1 cm³/mol. The van der Waals surface area contributed by atoms with Gasteiger partial charge >= 0.3 is 12.1 Å². The van der Waals surface area contributed by atoms with Crippen molar-refractivity contribution >= 4 is 11.7 Å². The van der Waals surface area contributed by atoms with Crippen LogP contribution in [0.1, 0.15) is 19.4 Å². The molecule has 0 heterocycles. The van der Waals surface area contributed by atoms with Gasteiger partial charge in [-0.15, -0.1) is 0 Å². The highest BCUT2D eigenvalue weighted by molar-refractivity contribution is 5.73. The SMILES string of the molecule is CC(C)CN(CC(=O)O)c1ccc(C(F)(F)F)cc1F. The number of alkyl halides is 3. The summed E-state index contributed by atoms with van der Waals surface area (Å²) in [5, 5.41) is 8.79. The summed E-state index contributed by atoms with van der Waals surface area (Å²) in [4.78, 5) is 12.0. The van der Waals surface area contributed by atoms with Crippen molar-refractivity contribution in [1.29, 1.82) is 0 Å². The van der Waals surface area contributed by atoms with Gasteiger partial charge in [0.15, 0.2) is 0 Å². The van der Waals surface area contributed by atoms with E-state index in [0.717, 1.165) is 12.1 Å². The second-order valence-corrected chi connectivity index (χ2v) is 4.83. The number of anilines is 1. The second-order valence-electron chi connectivity index (χ2n) is 4.83. The van der Waals surface area contributed by atoms with Crippen LogP contribution in [0.2, 0.25) is 0 Å². The molecular weight excluding hydrogens is 278 g/mol. The van der Waals surface area contributed by atoms with E-state index in [1.165, 1.54) is 4.90 Å². The quantitative estimate of drug-likeness (QED) is 0.846. The zero-order valence-corrected chi connectivity index (χ0v) is 11.0. The van der Waals surface area contributed by atoms with Crippen molar-refractivity contribution in [2.75, 3.05) is 18.0 Å². The van der Waals surface area contributed by atoms with E-state index in [9.17, 15) is 22.4 Å². The Morgan fingerprint density at radius 1 is 1.35 bits per heavy atom. The van der Waals surface area contributed by atoms with E-state index in [4.69, 9.17) is 5.11 Å². The molecule has 0 spiro atoms. The van der Waals surface area contributed by atoms with Crippen molar-refractivity contribution in [3.63, 3.8) is 0 Å². The molecule has 1 rings (SSSR count). The third kappa shape index (κ3) is 4.40. The maximum Gasteiger partial charge on any atom is 0.416 e. The molecule has 0 fully saturated rings. The molecule has 1 aromatic carbocycles. The Hall–Kier alpha value is -1.79. The van der Waals surface area contributed by atoms with Crippen molar-refractivity contribution in [2.24, 2.45) is 5.92 Å². The summed E-state index contributed by atoms with van der Waals surface area (Å²) in [5.41, 5.74) is -1.24. The molecule has 20 heavy (non-hydrogen) atoms. The summed E-state index contributed by atoms with van der Waals surface area (Å²) in [6, 6.07) is 2.08. The minimum Gasteiger partial charge on any atom is -0.480 e. The van der Waals surface area contributed by atoms with Crippen LogP contribution in [0, 0.1) is 11.7 Å². The van der Waals surface area contributed by atoms with Gasteiger partial charge in [0.25, 0.3) is 0 Å². The van der Waals surface area contributed by atoms with Crippen LogP contribution in [-0.4, -0.2) is 24.2 Å². The summed E-state index contributed by atoms with van der Waals surface area (Å²) in [6.07, 6.45) is -4.63. The van der Waals surface area contributed by atoms with Crippen molar-refractivity contribution in [3.05, 3.63) is 29.6 Å². The first-order valence-electron chi connectivity index (χ1n) is 5.94. The van der Waals surface area contributed by atoms with E-state index < -0.39 is 30.1 Å². The largest absolute Gasteiger partial charge is 0.480 e.